The third kappa shape index (κ3) is 3.20. The van der Waals surface area contributed by atoms with E-state index in [4.69, 9.17) is 0 Å². The Kier molecular flexibility index (Phi) is 4.25. The van der Waals surface area contributed by atoms with Crippen LogP contribution in [-0.4, -0.2) is 10.9 Å². The summed E-state index contributed by atoms with van der Waals surface area (Å²) in [5.41, 5.74) is 2.45. The first-order chi connectivity index (χ1) is 10.7. The van der Waals surface area contributed by atoms with Crippen LogP contribution in [0.25, 0.3) is 11.3 Å². The Bertz CT molecular complexity index is 770. The Balaban J connectivity index is 1.80. The fraction of sp³-hybridized carbons (Fsp3) is 0.0588. The van der Waals surface area contributed by atoms with Gasteiger partial charge in [0.2, 0.25) is 0 Å². The maximum atomic E-state index is 13.0. The molecule has 0 saturated heterocycles. The van der Waals surface area contributed by atoms with Gasteiger partial charge in [-0.15, -0.1) is 11.3 Å². The summed E-state index contributed by atoms with van der Waals surface area (Å²) in [5, 5.41) is 4.74. The van der Waals surface area contributed by atoms with Crippen LogP contribution in [0, 0.1) is 5.82 Å². The molecule has 0 bridgehead atoms. The second kappa shape index (κ2) is 6.49. The number of rotatable bonds is 4. The minimum atomic E-state index is -0.285. The van der Waals surface area contributed by atoms with E-state index in [0.29, 0.717) is 11.4 Å². The molecular weight excluding hydrogens is 299 g/mol. The topological polar surface area (TPSA) is 42.0 Å². The van der Waals surface area contributed by atoms with Crippen molar-refractivity contribution in [2.24, 2.45) is 0 Å². The van der Waals surface area contributed by atoms with Gasteiger partial charge in [0.15, 0.2) is 0 Å². The first-order valence-corrected chi connectivity index (χ1v) is 7.63. The van der Waals surface area contributed by atoms with E-state index in [-0.39, 0.29) is 11.7 Å². The Morgan fingerprint density at radius 1 is 1.14 bits per heavy atom. The normalized spacial score (nSPS) is 10.4. The second-order valence-corrected chi connectivity index (χ2v) is 5.63. The molecule has 0 atom stereocenters. The van der Waals surface area contributed by atoms with Crippen molar-refractivity contribution in [2.45, 2.75) is 6.54 Å². The van der Waals surface area contributed by atoms with Gasteiger partial charge in [0.25, 0.3) is 5.91 Å². The van der Waals surface area contributed by atoms with Crippen LogP contribution in [0.15, 0.2) is 60.1 Å². The molecule has 0 spiro atoms. The molecule has 2 aromatic heterocycles. The number of benzene rings is 1. The van der Waals surface area contributed by atoms with Gasteiger partial charge in [0, 0.05) is 18.3 Å². The molecular formula is C17H13FN2OS. The number of carbonyl (C=O) groups excluding carboxylic acids is 1. The van der Waals surface area contributed by atoms with Crippen LogP contribution in [0.4, 0.5) is 4.39 Å². The van der Waals surface area contributed by atoms with E-state index in [0.717, 1.165) is 16.8 Å². The molecule has 0 aliphatic rings. The molecule has 5 heteroatoms. The molecule has 1 N–H and O–H groups in total. The smallest absolute Gasteiger partial charge is 0.261 e. The standard InChI is InChI=1S/C17H13FN2OS/c18-14-7-5-12(6-8-14)16-13(3-1-9-19-16)11-20-17(21)15-4-2-10-22-15/h1-10H,11H2,(H,20,21). The van der Waals surface area contributed by atoms with Crippen LogP contribution in [0.2, 0.25) is 0 Å². The monoisotopic (exact) mass is 312 g/mol. The number of amides is 1. The Hall–Kier alpha value is -2.53. The summed E-state index contributed by atoms with van der Waals surface area (Å²) < 4.78 is 13.0. The minimum Gasteiger partial charge on any atom is -0.347 e. The largest absolute Gasteiger partial charge is 0.347 e. The second-order valence-electron chi connectivity index (χ2n) is 4.68. The Labute approximate surface area is 131 Å². The number of pyridine rings is 1. The molecule has 0 saturated carbocycles. The fourth-order valence-corrected chi connectivity index (χ4v) is 2.76. The number of hydrogen-bond donors (Lipinski definition) is 1. The molecule has 1 amide bonds. The molecule has 3 nitrogen and oxygen atoms in total. The summed E-state index contributed by atoms with van der Waals surface area (Å²) in [6.45, 7) is 0.372. The average molecular weight is 312 g/mol. The number of hydrogen-bond acceptors (Lipinski definition) is 3. The van der Waals surface area contributed by atoms with E-state index in [2.05, 4.69) is 10.3 Å². The predicted molar refractivity (Wildman–Crippen MR) is 85.1 cm³/mol. The van der Waals surface area contributed by atoms with Gasteiger partial charge in [0.05, 0.1) is 10.6 Å². The van der Waals surface area contributed by atoms with E-state index < -0.39 is 0 Å². The van der Waals surface area contributed by atoms with Crippen molar-refractivity contribution in [1.82, 2.24) is 10.3 Å². The van der Waals surface area contributed by atoms with Crippen LogP contribution in [0.3, 0.4) is 0 Å². The van der Waals surface area contributed by atoms with E-state index >= 15 is 0 Å². The Morgan fingerprint density at radius 2 is 1.95 bits per heavy atom. The van der Waals surface area contributed by atoms with Gasteiger partial charge in [-0.3, -0.25) is 9.78 Å². The van der Waals surface area contributed by atoms with Crippen LogP contribution in [0.5, 0.6) is 0 Å². The summed E-state index contributed by atoms with van der Waals surface area (Å²) in [4.78, 5) is 17.0. The van der Waals surface area contributed by atoms with Gasteiger partial charge in [-0.05, 0) is 47.3 Å². The molecule has 0 unspecified atom stereocenters. The number of nitrogens with zero attached hydrogens (tertiary/aromatic N) is 1. The highest BCUT2D eigenvalue weighted by Crippen LogP contribution is 2.21. The van der Waals surface area contributed by atoms with Crippen molar-refractivity contribution in [3.05, 3.63) is 76.4 Å². The number of nitrogens with one attached hydrogen (secondary N) is 1. The maximum absolute atomic E-state index is 13.0. The minimum absolute atomic E-state index is 0.107. The van der Waals surface area contributed by atoms with E-state index in [1.165, 1.54) is 23.5 Å². The van der Waals surface area contributed by atoms with Gasteiger partial charge in [-0.1, -0.05) is 12.1 Å². The zero-order valence-corrected chi connectivity index (χ0v) is 12.4. The van der Waals surface area contributed by atoms with Gasteiger partial charge < -0.3 is 5.32 Å². The summed E-state index contributed by atoms with van der Waals surface area (Å²) in [7, 11) is 0. The lowest BCUT2D eigenvalue weighted by Crippen LogP contribution is -2.22. The molecule has 2 heterocycles. The van der Waals surface area contributed by atoms with E-state index in [1.807, 2.05) is 23.6 Å². The van der Waals surface area contributed by atoms with Crippen molar-refractivity contribution in [3.8, 4) is 11.3 Å². The van der Waals surface area contributed by atoms with Gasteiger partial charge >= 0.3 is 0 Å². The molecule has 0 radical (unpaired) electrons. The number of thiophene rings is 1. The number of aromatic nitrogens is 1. The van der Waals surface area contributed by atoms with Crippen molar-refractivity contribution in [1.29, 1.82) is 0 Å². The summed E-state index contributed by atoms with van der Waals surface area (Å²) >= 11 is 1.40. The van der Waals surface area contributed by atoms with Crippen LogP contribution in [-0.2, 0) is 6.54 Å². The van der Waals surface area contributed by atoms with Gasteiger partial charge in [0.1, 0.15) is 5.82 Å². The van der Waals surface area contributed by atoms with Crippen LogP contribution < -0.4 is 5.32 Å². The van der Waals surface area contributed by atoms with Gasteiger partial charge in [-0.2, -0.15) is 0 Å². The molecule has 0 aliphatic heterocycles. The van der Waals surface area contributed by atoms with Gasteiger partial charge in [-0.25, -0.2) is 4.39 Å². The number of carbonyl (C=O) groups is 1. The lowest BCUT2D eigenvalue weighted by Gasteiger charge is -2.09. The lowest BCUT2D eigenvalue weighted by molar-refractivity contribution is 0.0955. The molecule has 3 aromatic rings. The molecule has 110 valence electrons. The Morgan fingerprint density at radius 3 is 2.68 bits per heavy atom. The molecule has 0 fully saturated rings. The van der Waals surface area contributed by atoms with Crippen molar-refractivity contribution in [3.63, 3.8) is 0 Å². The SMILES string of the molecule is O=C(NCc1cccnc1-c1ccc(F)cc1)c1cccs1. The molecule has 3 rings (SSSR count). The summed E-state index contributed by atoms with van der Waals surface area (Å²) in [5.74, 6) is -0.392. The third-order valence-electron chi connectivity index (χ3n) is 3.19. The zero-order valence-electron chi connectivity index (χ0n) is 11.6. The first-order valence-electron chi connectivity index (χ1n) is 6.75. The van der Waals surface area contributed by atoms with Crippen molar-refractivity contribution in [2.75, 3.05) is 0 Å². The molecule has 22 heavy (non-hydrogen) atoms. The van der Waals surface area contributed by atoms with E-state index in [9.17, 15) is 9.18 Å². The highest BCUT2D eigenvalue weighted by atomic mass is 32.1. The highest BCUT2D eigenvalue weighted by molar-refractivity contribution is 7.12. The lowest BCUT2D eigenvalue weighted by atomic mass is 10.1. The zero-order chi connectivity index (χ0) is 15.4. The van der Waals surface area contributed by atoms with Crippen molar-refractivity contribution < 1.29 is 9.18 Å². The van der Waals surface area contributed by atoms with Crippen LogP contribution in [0.1, 0.15) is 15.2 Å². The van der Waals surface area contributed by atoms with Crippen LogP contribution >= 0.6 is 11.3 Å². The number of halogens is 1. The quantitative estimate of drug-likeness (QED) is 0.794. The first kappa shape index (κ1) is 14.4. The average Bonchev–Trinajstić information content (AvgIpc) is 3.08. The third-order valence-corrected chi connectivity index (χ3v) is 4.06. The fourth-order valence-electron chi connectivity index (χ4n) is 2.12. The summed E-state index contributed by atoms with van der Waals surface area (Å²) in [6, 6.07) is 13.5. The highest BCUT2D eigenvalue weighted by Gasteiger charge is 2.10. The predicted octanol–water partition coefficient (Wildman–Crippen LogP) is 3.88. The molecule has 0 aliphatic carbocycles. The van der Waals surface area contributed by atoms with Crippen molar-refractivity contribution >= 4 is 17.2 Å². The molecule has 1 aromatic carbocycles. The maximum Gasteiger partial charge on any atom is 0.261 e. The van der Waals surface area contributed by atoms with E-state index in [1.54, 1.807) is 24.4 Å². The summed E-state index contributed by atoms with van der Waals surface area (Å²) in [6.07, 6.45) is 1.68.